The van der Waals surface area contributed by atoms with E-state index in [9.17, 15) is 19.5 Å². The van der Waals surface area contributed by atoms with Crippen LogP contribution < -0.4 is 10.6 Å². The summed E-state index contributed by atoms with van der Waals surface area (Å²) >= 11 is 0. The van der Waals surface area contributed by atoms with E-state index in [4.69, 9.17) is 4.74 Å². The minimum absolute atomic E-state index is 0.0340. The summed E-state index contributed by atoms with van der Waals surface area (Å²) in [5, 5.41) is 15.0. The highest BCUT2D eigenvalue weighted by molar-refractivity contribution is 5.86. The molecule has 0 spiro atoms. The number of carboxylic acid groups (broad SMARTS) is 1. The van der Waals surface area contributed by atoms with Crippen molar-refractivity contribution in [3.63, 3.8) is 0 Å². The Kier molecular flexibility index (Phi) is 6.75. The Hall–Kier alpha value is -3.35. The van der Waals surface area contributed by atoms with E-state index < -0.39 is 18.1 Å². The molecule has 2 aromatic carbocycles. The average Bonchev–Trinajstić information content (AvgIpc) is 3.63. The lowest BCUT2D eigenvalue weighted by molar-refractivity contribution is -0.142. The highest BCUT2D eigenvalue weighted by Crippen LogP contribution is 2.44. The van der Waals surface area contributed by atoms with Gasteiger partial charge in [0.25, 0.3) is 0 Å². The minimum atomic E-state index is -0.765. The van der Waals surface area contributed by atoms with E-state index in [0.29, 0.717) is 38.0 Å². The quantitative estimate of drug-likeness (QED) is 0.522. The van der Waals surface area contributed by atoms with Gasteiger partial charge in [0, 0.05) is 12.0 Å². The fraction of sp³-hybridized carbons (Fsp3) is 0.464. The summed E-state index contributed by atoms with van der Waals surface area (Å²) < 4.78 is 5.66. The molecule has 184 valence electrons. The Labute approximate surface area is 205 Å². The van der Waals surface area contributed by atoms with Gasteiger partial charge in [-0.1, -0.05) is 61.4 Å². The number of amides is 2. The van der Waals surface area contributed by atoms with Gasteiger partial charge in [0.15, 0.2) is 0 Å². The van der Waals surface area contributed by atoms with Crippen molar-refractivity contribution >= 4 is 18.0 Å². The zero-order chi connectivity index (χ0) is 24.4. The lowest BCUT2D eigenvalue weighted by Gasteiger charge is -2.28. The van der Waals surface area contributed by atoms with E-state index in [-0.39, 0.29) is 30.4 Å². The lowest BCUT2D eigenvalue weighted by Crippen LogP contribution is -2.50. The predicted molar refractivity (Wildman–Crippen MR) is 131 cm³/mol. The number of nitrogens with one attached hydrogen (secondary N) is 2. The maximum absolute atomic E-state index is 13.0. The first-order chi connectivity index (χ1) is 17.0. The van der Waals surface area contributed by atoms with Gasteiger partial charge in [-0.05, 0) is 60.3 Å². The second kappa shape index (κ2) is 10.1. The average molecular weight is 477 g/mol. The van der Waals surface area contributed by atoms with Crippen molar-refractivity contribution in [2.45, 2.75) is 62.9 Å². The second-order valence-electron chi connectivity index (χ2n) is 10.1. The van der Waals surface area contributed by atoms with E-state index in [2.05, 4.69) is 34.9 Å². The molecule has 2 fully saturated rings. The summed E-state index contributed by atoms with van der Waals surface area (Å²) in [7, 11) is 0. The first-order valence-corrected chi connectivity index (χ1v) is 12.6. The molecule has 1 atom stereocenters. The van der Waals surface area contributed by atoms with Gasteiger partial charge in [0.1, 0.15) is 12.6 Å². The Morgan fingerprint density at radius 2 is 1.49 bits per heavy atom. The van der Waals surface area contributed by atoms with Crippen LogP contribution in [0.4, 0.5) is 4.79 Å². The summed E-state index contributed by atoms with van der Waals surface area (Å²) in [4.78, 5) is 37.0. The number of carbonyl (C=O) groups is 3. The number of ether oxygens (including phenoxy) is 1. The Balaban J connectivity index is 1.18. The number of hydrogen-bond acceptors (Lipinski definition) is 4. The number of alkyl carbamates (subject to hydrolysis) is 1. The van der Waals surface area contributed by atoms with Crippen LogP contribution in [0.1, 0.15) is 62.0 Å². The molecular weight excluding hydrogens is 444 g/mol. The van der Waals surface area contributed by atoms with Crippen LogP contribution in [0.3, 0.4) is 0 Å². The van der Waals surface area contributed by atoms with Gasteiger partial charge >= 0.3 is 12.1 Å². The largest absolute Gasteiger partial charge is 0.481 e. The van der Waals surface area contributed by atoms with Crippen molar-refractivity contribution in [2.75, 3.05) is 6.61 Å². The number of aliphatic carboxylic acids is 1. The van der Waals surface area contributed by atoms with Gasteiger partial charge in [-0.2, -0.15) is 0 Å². The van der Waals surface area contributed by atoms with Crippen LogP contribution in [-0.2, 0) is 14.3 Å². The van der Waals surface area contributed by atoms with E-state index in [1.807, 2.05) is 24.3 Å². The number of carbonyl (C=O) groups excluding carboxylic acids is 2. The molecule has 7 nitrogen and oxygen atoms in total. The molecule has 3 aliphatic carbocycles. The summed E-state index contributed by atoms with van der Waals surface area (Å²) in [6.45, 7) is 0.205. The van der Waals surface area contributed by atoms with Crippen LogP contribution in [-0.4, -0.2) is 41.8 Å². The highest BCUT2D eigenvalue weighted by atomic mass is 16.5. The van der Waals surface area contributed by atoms with Crippen LogP contribution in [0.5, 0.6) is 0 Å². The van der Waals surface area contributed by atoms with Crippen LogP contribution in [0.25, 0.3) is 11.1 Å². The number of hydrogen-bond donors (Lipinski definition) is 3. The lowest BCUT2D eigenvalue weighted by atomic mass is 9.86. The van der Waals surface area contributed by atoms with Gasteiger partial charge < -0.3 is 20.5 Å². The third-order valence-electron chi connectivity index (χ3n) is 7.64. The SMILES string of the molecule is O=C(NC(CC1CC1)C(=O)NC1CCC(C(=O)O)CC1)OCC1c2ccccc2-c2ccccc21. The standard InChI is InChI=1S/C28H32N2O5/c31-26(29-19-13-11-18(12-14-19)27(32)33)25(15-17-9-10-17)30-28(34)35-16-24-22-7-3-1-5-20(22)21-6-2-4-8-23(21)24/h1-8,17-19,24-25H,9-16H2,(H,29,31)(H,30,34)(H,32,33). The molecule has 0 heterocycles. The van der Waals surface area contributed by atoms with Crippen molar-refractivity contribution in [3.05, 3.63) is 59.7 Å². The summed E-state index contributed by atoms with van der Waals surface area (Å²) in [5.41, 5.74) is 4.62. The Morgan fingerprint density at radius 1 is 0.886 bits per heavy atom. The fourth-order valence-corrected chi connectivity index (χ4v) is 5.49. The van der Waals surface area contributed by atoms with Crippen molar-refractivity contribution < 1.29 is 24.2 Å². The number of carboxylic acids is 1. The van der Waals surface area contributed by atoms with Gasteiger partial charge in [-0.3, -0.25) is 9.59 Å². The molecule has 0 radical (unpaired) electrons. The van der Waals surface area contributed by atoms with Crippen LogP contribution in [0.15, 0.2) is 48.5 Å². The van der Waals surface area contributed by atoms with Gasteiger partial charge in [0.05, 0.1) is 5.92 Å². The second-order valence-corrected chi connectivity index (χ2v) is 10.1. The van der Waals surface area contributed by atoms with Crippen LogP contribution >= 0.6 is 0 Å². The van der Waals surface area contributed by atoms with Crippen molar-refractivity contribution in [2.24, 2.45) is 11.8 Å². The molecular formula is C28H32N2O5. The molecule has 2 saturated carbocycles. The maximum atomic E-state index is 13.0. The van der Waals surface area contributed by atoms with E-state index >= 15 is 0 Å². The highest BCUT2D eigenvalue weighted by Gasteiger charge is 2.34. The molecule has 5 rings (SSSR count). The topological polar surface area (TPSA) is 105 Å². The first-order valence-electron chi connectivity index (χ1n) is 12.6. The molecule has 0 bridgehead atoms. The van der Waals surface area contributed by atoms with Gasteiger partial charge in [0.2, 0.25) is 5.91 Å². The smallest absolute Gasteiger partial charge is 0.407 e. The molecule has 7 heteroatoms. The van der Waals surface area contributed by atoms with E-state index in [0.717, 1.165) is 24.0 Å². The minimum Gasteiger partial charge on any atom is -0.481 e. The third-order valence-corrected chi connectivity index (χ3v) is 7.64. The molecule has 2 amide bonds. The number of benzene rings is 2. The molecule has 0 aliphatic heterocycles. The summed E-state index contributed by atoms with van der Waals surface area (Å²) in [5.74, 6) is -0.887. The van der Waals surface area contributed by atoms with Gasteiger partial charge in [-0.25, -0.2) is 4.79 Å². The van der Waals surface area contributed by atoms with E-state index in [1.165, 1.54) is 11.1 Å². The van der Waals surface area contributed by atoms with Gasteiger partial charge in [-0.15, -0.1) is 0 Å². The molecule has 3 N–H and O–H groups in total. The van der Waals surface area contributed by atoms with Crippen LogP contribution in [0.2, 0.25) is 0 Å². The fourth-order valence-electron chi connectivity index (χ4n) is 5.49. The molecule has 1 unspecified atom stereocenters. The maximum Gasteiger partial charge on any atom is 0.407 e. The Morgan fingerprint density at radius 3 is 2.06 bits per heavy atom. The first kappa shape index (κ1) is 23.4. The van der Waals surface area contributed by atoms with Crippen molar-refractivity contribution in [1.29, 1.82) is 0 Å². The molecule has 2 aromatic rings. The summed E-state index contributed by atoms with van der Waals surface area (Å²) in [6.07, 6.45) is 4.57. The number of fused-ring (bicyclic) bond motifs is 3. The Bertz CT molecular complexity index is 1060. The monoisotopic (exact) mass is 476 g/mol. The number of rotatable bonds is 8. The van der Waals surface area contributed by atoms with Crippen molar-refractivity contribution in [1.82, 2.24) is 10.6 Å². The summed E-state index contributed by atoms with van der Waals surface area (Å²) in [6, 6.07) is 15.7. The molecule has 0 aromatic heterocycles. The van der Waals surface area contributed by atoms with Crippen LogP contribution in [0, 0.1) is 11.8 Å². The van der Waals surface area contributed by atoms with E-state index in [1.54, 1.807) is 0 Å². The molecule has 35 heavy (non-hydrogen) atoms. The molecule has 0 saturated heterocycles. The predicted octanol–water partition coefficient (Wildman–Crippen LogP) is 4.45. The van der Waals surface area contributed by atoms with Crippen molar-refractivity contribution in [3.8, 4) is 11.1 Å². The zero-order valence-corrected chi connectivity index (χ0v) is 19.7. The molecule has 3 aliphatic rings. The normalized spacial score (nSPS) is 21.9. The third kappa shape index (κ3) is 5.34. The zero-order valence-electron chi connectivity index (χ0n) is 19.7.